The second-order valence-corrected chi connectivity index (χ2v) is 5.35. The topological polar surface area (TPSA) is 64.4 Å². The molecular formula is C17H15ClN2O3. The van der Waals surface area contributed by atoms with Gasteiger partial charge in [0.2, 0.25) is 0 Å². The average Bonchev–Trinajstić information content (AvgIpc) is 2.82. The number of aromatic nitrogens is 1. The molecule has 0 aliphatic rings. The number of benzene rings is 1. The molecular weight excluding hydrogens is 316 g/mol. The molecule has 2 aromatic heterocycles. The molecule has 23 heavy (non-hydrogen) atoms. The Balaban J connectivity index is 1.95. The minimum absolute atomic E-state index is 0.140. The normalized spacial score (nSPS) is 10.7. The van der Waals surface area contributed by atoms with E-state index in [4.69, 9.17) is 20.8 Å². The lowest BCUT2D eigenvalue weighted by Gasteiger charge is -2.05. The van der Waals surface area contributed by atoms with Crippen LogP contribution in [-0.4, -0.2) is 17.4 Å². The number of halogens is 1. The summed E-state index contributed by atoms with van der Waals surface area (Å²) < 4.78 is 11.4. The number of nitrogens with one attached hydrogen (secondary N) is 1. The van der Waals surface area contributed by atoms with Crippen LogP contribution in [0.1, 0.15) is 23.0 Å². The molecule has 1 aromatic carbocycles. The monoisotopic (exact) mass is 330 g/mol. The molecule has 0 saturated heterocycles. The summed E-state index contributed by atoms with van der Waals surface area (Å²) in [4.78, 5) is 16.0. The molecule has 0 fully saturated rings. The standard InChI is InChI=1S/C17H15ClN2O3/c1-3-19-17(21)16-10(2)22-14-8-11(4-5-13(14)16)23-12-6-7-20-15(18)9-12/h4-9H,3H2,1-2H3,(H,19,21). The number of ether oxygens (including phenoxy) is 1. The van der Waals surface area contributed by atoms with Gasteiger partial charge in [0.25, 0.3) is 5.91 Å². The first-order valence-corrected chi connectivity index (χ1v) is 7.57. The molecule has 5 nitrogen and oxygen atoms in total. The zero-order valence-electron chi connectivity index (χ0n) is 12.7. The van der Waals surface area contributed by atoms with Gasteiger partial charge in [0, 0.05) is 30.3 Å². The van der Waals surface area contributed by atoms with Crippen molar-refractivity contribution in [1.82, 2.24) is 10.3 Å². The van der Waals surface area contributed by atoms with Crippen molar-refractivity contribution >= 4 is 28.5 Å². The van der Waals surface area contributed by atoms with Gasteiger partial charge in [0.1, 0.15) is 28.0 Å². The molecule has 0 atom stereocenters. The van der Waals surface area contributed by atoms with Crippen molar-refractivity contribution in [2.45, 2.75) is 13.8 Å². The van der Waals surface area contributed by atoms with E-state index < -0.39 is 0 Å². The SMILES string of the molecule is CCNC(=O)c1c(C)oc2cc(Oc3ccnc(Cl)c3)ccc12. The fourth-order valence-corrected chi connectivity index (χ4v) is 2.54. The van der Waals surface area contributed by atoms with Crippen molar-refractivity contribution in [1.29, 1.82) is 0 Å². The summed E-state index contributed by atoms with van der Waals surface area (Å²) in [6, 6.07) is 8.69. The first-order chi connectivity index (χ1) is 11.1. The number of carbonyl (C=O) groups is 1. The summed E-state index contributed by atoms with van der Waals surface area (Å²) in [6.45, 7) is 4.21. The lowest BCUT2D eigenvalue weighted by atomic mass is 10.1. The number of hydrogen-bond acceptors (Lipinski definition) is 4. The molecule has 118 valence electrons. The first-order valence-electron chi connectivity index (χ1n) is 7.19. The smallest absolute Gasteiger partial charge is 0.255 e. The molecule has 3 rings (SSSR count). The fraction of sp³-hybridized carbons (Fsp3) is 0.176. The molecule has 0 aliphatic carbocycles. The van der Waals surface area contributed by atoms with Gasteiger partial charge in [-0.2, -0.15) is 0 Å². The van der Waals surface area contributed by atoms with E-state index in [2.05, 4.69) is 10.3 Å². The predicted octanol–water partition coefficient (Wildman–Crippen LogP) is 4.33. The third-order valence-corrected chi connectivity index (χ3v) is 3.54. The van der Waals surface area contributed by atoms with E-state index in [0.717, 1.165) is 5.39 Å². The van der Waals surface area contributed by atoms with Crippen LogP contribution in [0.15, 0.2) is 40.9 Å². The number of amides is 1. The van der Waals surface area contributed by atoms with Crippen LogP contribution in [0.3, 0.4) is 0 Å². The van der Waals surface area contributed by atoms with Crippen molar-refractivity contribution in [2.75, 3.05) is 6.54 Å². The Labute approximate surface area is 138 Å². The molecule has 0 unspecified atom stereocenters. The quantitative estimate of drug-likeness (QED) is 0.723. The number of nitrogens with zero attached hydrogens (tertiary/aromatic N) is 1. The van der Waals surface area contributed by atoms with E-state index in [1.807, 2.05) is 13.0 Å². The Morgan fingerprint density at radius 2 is 2.09 bits per heavy atom. The highest BCUT2D eigenvalue weighted by Crippen LogP contribution is 2.31. The third kappa shape index (κ3) is 3.14. The van der Waals surface area contributed by atoms with E-state index in [9.17, 15) is 4.79 Å². The van der Waals surface area contributed by atoms with Crippen LogP contribution in [0.2, 0.25) is 5.15 Å². The number of fused-ring (bicyclic) bond motifs is 1. The molecule has 3 aromatic rings. The number of carbonyl (C=O) groups excluding carboxylic acids is 1. The van der Waals surface area contributed by atoms with Gasteiger partial charge in [0.05, 0.1) is 5.56 Å². The number of hydrogen-bond donors (Lipinski definition) is 1. The van der Waals surface area contributed by atoms with E-state index >= 15 is 0 Å². The Hall–Kier alpha value is -2.53. The fourth-order valence-electron chi connectivity index (χ4n) is 2.38. The van der Waals surface area contributed by atoms with Crippen molar-refractivity contribution < 1.29 is 13.9 Å². The molecule has 1 amide bonds. The summed E-state index contributed by atoms with van der Waals surface area (Å²) in [5.41, 5.74) is 1.15. The van der Waals surface area contributed by atoms with Crippen LogP contribution in [0.5, 0.6) is 11.5 Å². The lowest BCUT2D eigenvalue weighted by molar-refractivity contribution is 0.0955. The van der Waals surface area contributed by atoms with Crippen LogP contribution in [0.25, 0.3) is 11.0 Å². The second-order valence-electron chi connectivity index (χ2n) is 4.97. The van der Waals surface area contributed by atoms with E-state index in [1.54, 1.807) is 37.4 Å². The molecule has 0 bridgehead atoms. The summed E-state index contributed by atoms with van der Waals surface area (Å²) in [5.74, 6) is 1.61. The van der Waals surface area contributed by atoms with Gasteiger partial charge in [-0.05, 0) is 32.0 Å². The largest absolute Gasteiger partial charge is 0.460 e. The average molecular weight is 331 g/mol. The Kier molecular flexibility index (Phi) is 4.21. The summed E-state index contributed by atoms with van der Waals surface area (Å²) in [6.07, 6.45) is 1.57. The van der Waals surface area contributed by atoms with Crippen LogP contribution >= 0.6 is 11.6 Å². The highest BCUT2D eigenvalue weighted by Gasteiger charge is 2.18. The van der Waals surface area contributed by atoms with Crippen molar-refractivity contribution in [2.24, 2.45) is 0 Å². The molecule has 2 heterocycles. The van der Waals surface area contributed by atoms with Crippen molar-refractivity contribution in [3.8, 4) is 11.5 Å². The molecule has 6 heteroatoms. The first kappa shape index (κ1) is 15.4. The third-order valence-electron chi connectivity index (χ3n) is 3.34. The van der Waals surface area contributed by atoms with Crippen LogP contribution < -0.4 is 10.1 Å². The zero-order chi connectivity index (χ0) is 16.4. The summed E-state index contributed by atoms with van der Waals surface area (Å²) >= 11 is 5.84. The zero-order valence-corrected chi connectivity index (χ0v) is 13.5. The van der Waals surface area contributed by atoms with E-state index in [-0.39, 0.29) is 5.91 Å². The van der Waals surface area contributed by atoms with Gasteiger partial charge < -0.3 is 14.5 Å². The van der Waals surface area contributed by atoms with Crippen molar-refractivity contribution in [3.05, 3.63) is 53.0 Å². The van der Waals surface area contributed by atoms with Crippen molar-refractivity contribution in [3.63, 3.8) is 0 Å². The second kappa shape index (κ2) is 6.30. The highest BCUT2D eigenvalue weighted by atomic mass is 35.5. The predicted molar refractivity (Wildman–Crippen MR) is 88.3 cm³/mol. The summed E-state index contributed by atoms with van der Waals surface area (Å²) in [7, 11) is 0. The molecule has 0 spiro atoms. The van der Waals surface area contributed by atoms with Gasteiger partial charge in [-0.3, -0.25) is 4.79 Å². The maximum Gasteiger partial charge on any atom is 0.255 e. The molecule has 1 N–H and O–H groups in total. The number of rotatable bonds is 4. The molecule has 0 saturated carbocycles. The van der Waals surface area contributed by atoms with Gasteiger partial charge in [-0.15, -0.1) is 0 Å². The van der Waals surface area contributed by atoms with Gasteiger partial charge >= 0.3 is 0 Å². The maximum atomic E-state index is 12.1. The lowest BCUT2D eigenvalue weighted by Crippen LogP contribution is -2.22. The van der Waals surface area contributed by atoms with Gasteiger partial charge in [-0.1, -0.05) is 11.6 Å². The van der Waals surface area contributed by atoms with E-state index in [1.165, 1.54) is 0 Å². The van der Waals surface area contributed by atoms with Crippen LogP contribution in [0.4, 0.5) is 0 Å². The number of aryl methyl sites for hydroxylation is 1. The molecule has 0 radical (unpaired) electrons. The summed E-state index contributed by atoms with van der Waals surface area (Å²) in [5, 5.41) is 3.91. The van der Waals surface area contributed by atoms with Crippen LogP contribution in [-0.2, 0) is 0 Å². The van der Waals surface area contributed by atoms with Gasteiger partial charge in [-0.25, -0.2) is 4.98 Å². The maximum absolute atomic E-state index is 12.1. The highest BCUT2D eigenvalue weighted by molar-refractivity contribution is 6.29. The number of pyridine rings is 1. The van der Waals surface area contributed by atoms with Crippen LogP contribution in [0, 0.1) is 6.92 Å². The number of furan rings is 1. The minimum Gasteiger partial charge on any atom is -0.460 e. The Bertz CT molecular complexity index is 873. The molecule has 0 aliphatic heterocycles. The van der Waals surface area contributed by atoms with Gasteiger partial charge in [0.15, 0.2) is 0 Å². The Morgan fingerprint density at radius 1 is 1.30 bits per heavy atom. The van der Waals surface area contributed by atoms with E-state index in [0.29, 0.717) is 40.1 Å². The minimum atomic E-state index is -0.140. The Morgan fingerprint density at radius 3 is 2.83 bits per heavy atom.